The average Bonchev–Trinajstić information content (AvgIpc) is 3.41. The van der Waals surface area contributed by atoms with Crippen molar-refractivity contribution in [3.8, 4) is 0 Å². The molecule has 0 radical (unpaired) electrons. The van der Waals surface area contributed by atoms with E-state index in [1.54, 1.807) is 6.92 Å². The lowest BCUT2D eigenvalue weighted by Crippen LogP contribution is -2.59. The smallest absolute Gasteiger partial charge is 0.216 e. The molecule has 198 valence electrons. The Kier molecular flexibility index (Phi) is 5.27. The molecule has 0 aromatic heterocycles. The summed E-state index contributed by atoms with van der Waals surface area (Å²) in [5.74, 6) is 2.08. The van der Waals surface area contributed by atoms with Gasteiger partial charge in [0.2, 0.25) is 5.91 Å². The first-order chi connectivity index (χ1) is 16.3. The van der Waals surface area contributed by atoms with Gasteiger partial charge in [-0.2, -0.15) is 0 Å². The molecule has 5 aliphatic carbocycles. The van der Waals surface area contributed by atoms with Gasteiger partial charge in [0.1, 0.15) is 0 Å². The minimum Gasteiger partial charge on any atom is -0.393 e. The van der Waals surface area contributed by atoms with Crippen molar-refractivity contribution in [1.82, 2.24) is 5.32 Å². The van der Waals surface area contributed by atoms with Gasteiger partial charge in [-0.1, -0.05) is 34.6 Å². The topological polar surface area (TPSA) is 78.8 Å². The minimum absolute atomic E-state index is 0.00455. The largest absolute Gasteiger partial charge is 0.393 e. The van der Waals surface area contributed by atoms with Crippen LogP contribution in [0.4, 0.5) is 0 Å². The van der Waals surface area contributed by atoms with Crippen molar-refractivity contribution in [3.63, 3.8) is 0 Å². The van der Waals surface area contributed by atoms with E-state index in [-0.39, 0.29) is 40.5 Å². The van der Waals surface area contributed by atoms with Crippen LogP contribution in [0.25, 0.3) is 0 Å². The third-order valence-corrected chi connectivity index (χ3v) is 13.7. The van der Waals surface area contributed by atoms with Crippen molar-refractivity contribution in [2.24, 2.45) is 50.7 Å². The Morgan fingerprint density at radius 2 is 1.69 bits per heavy atom. The molecule has 6 fully saturated rings. The van der Waals surface area contributed by atoms with Gasteiger partial charge in [-0.25, -0.2) is 0 Å². The van der Waals surface area contributed by atoms with Crippen LogP contribution in [-0.2, 0) is 9.53 Å². The lowest BCUT2D eigenvalue weighted by molar-refractivity contribution is -0.182. The molecule has 0 aromatic carbocycles. The Bertz CT molecular complexity index is 905. The van der Waals surface area contributed by atoms with Crippen molar-refractivity contribution in [3.05, 3.63) is 0 Å². The van der Waals surface area contributed by atoms with Crippen LogP contribution < -0.4 is 5.32 Å². The van der Waals surface area contributed by atoms with Gasteiger partial charge in [0.05, 0.1) is 24.4 Å². The normalized spacial score (nSPS) is 57.7. The van der Waals surface area contributed by atoms with E-state index in [2.05, 4.69) is 39.9 Å². The van der Waals surface area contributed by atoms with Gasteiger partial charge in [0.15, 0.2) is 0 Å². The highest BCUT2D eigenvalue weighted by molar-refractivity contribution is 5.72. The zero-order valence-corrected chi connectivity index (χ0v) is 22.9. The molecule has 1 heterocycles. The van der Waals surface area contributed by atoms with Crippen LogP contribution in [0.3, 0.4) is 0 Å². The zero-order chi connectivity index (χ0) is 25.2. The SMILES string of the molecule is CC(=O)NCCC1CC(C)C2C(O1)[C@H](O)[C@@]1(C)[C@@H]3CC[C@H]4C(C)(C)[C@@H](O)CC[C@@]45CC35CC[C@]21C. The summed E-state index contributed by atoms with van der Waals surface area (Å²) in [7, 11) is 0. The van der Waals surface area contributed by atoms with E-state index in [4.69, 9.17) is 4.74 Å². The van der Waals surface area contributed by atoms with E-state index in [1.165, 1.54) is 38.5 Å². The molecule has 0 bridgehead atoms. The monoisotopic (exact) mass is 487 g/mol. The highest BCUT2D eigenvalue weighted by atomic mass is 16.5. The number of rotatable bonds is 3. The minimum atomic E-state index is -0.429. The maximum Gasteiger partial charge on any atom is 0.216 e. The second-order valence-electron chi connectivity index (χ2n) is 14.9. The van der Waals surface area contributed by atoms with E-state index in [1.807, 2.05) is 0 Å². The summed E-state index contributed by atoms with van der Waals surface area (Å²) in [6.07, 6.45) is 9.54. The van der Waals surface area contributed by atoms with Gasteiger partial charge in [-0.05, 0) is 103 Å². The molecule has 5 unspecified atom stereocenters. The Labute approximate surface area is 212 Å². The summed E-state index contributed by atoms with van der Waals surface area (Å²) in [6.45, 7) is 14.2. The van der Waals surface area contributed by atoms with Crippen molar-refractivity contribution in [1.29, 1.82) is 0 Å². The molecule has 3 N–H and O–H groups in total. The van der Waals surface area contributed by atoms with E-state index in [0.29, 0.717) is 41.0 Å². The van der Waals surface area contributed by atoms with Crippen LogP contribution in [0.5, 0.6) is 0 Å². The molecule has 5 nitrogen and oxygen atoms in total. The molecule has 2 spiro atoms. The van der Waals surface area contributed by atoms with E-state index >= 15 is 0 Å². The van der Waals surface area contributed by atoms with Crippen LogP contribution in [0.1, 0.15) is 99.3 Å². The molecule has 12 atom stereocenters. The lowest BCUT2D eigenvalue weighted by Gasteiger charge is -2.63. The number of carbonyl (C=O) groups is 1. The standard InChI is InChI=1S/C30H49NO4/c1-17-15-19(10-14-31-18(2)32)35-24-23(17)27(5)12-13-30-16-29(30)11-9-22(33)26(3,4)20(29)7-8-21(30)28(27,6)25(24)34/h17,19-25,33-34H,7-16H2,1-6H3,(H,31,32)/t17?,19?,20-,21-,22-,23?,24?,25-,27+,28+,29+,30?/m0/s1. The third-order valence-electron chi connectivity index (χ3n) is 13.7. The maximum atomic E-state index is 12.2. The number of fused-ring (bicyclic) bond motifs is 4. The molecular weight excluding hydrogens is 438 g/mol. The van der Waals surface area contributed by atoms with E-state index in [0.717, 1.165) is 19.3 Å². The first kappa shape index (κ1) is 24.7. The number of ether oxygens (including phenoxy) is 1. The predicted octanol–water partition coefficient (Wildman–Crippen LogP) is 4.69. The zero-order valence-electron chi connectivity index (χ0n) is 22.9. The number of nitrogens with one attached hydrogen (secondary N) is 1. The van der Waals surface area contributed by atoms with Crippen LogP contribution in [0, 0.1) is 50.7 Å². The summed E-state index contributed by atoms with van der Waals surface area (Å²) in [5, 5.41) is 26.0. The highest BCUT2D eigenvalue weighted by Gasteiger charge is 2.84. The highest BCUT2D eigenvalue weighted by Crippen LogP contribution is 2.89. The lowest BCUT2D eigenvalue weighted by atomic mass is 9.41. The Hall–Kier alpha value is -0.650. The number of hydrogen-bond acceptors (Lipinski definition) is 4. The summed E-state index contributed by atoms with van der Waals surface area (Å²) in [5.41, 5.74) is 0.689. The van der Waals surface area contributed by atoms with Gasteiger partial charge in [-0.3, -0.25) is 4.79 Å². The van der Waals surface area contributed by atoms with Gasteiger partial charge >= 0.3 is 0 Å². The molecule has 5 saturated carbocycles. The first-order valence-electron chi connectivity index (χ1n) is 14.6. The number of aliphatic hydroxyl groups is 2. The van der Waals surface area contributed by atoms with Crippen molar-refractivity contribution in [2.75, 3.05) is 6.54 Å². The van der Waals surface area contributed by atoms with Crippen molar-refractivity contribution < 1.29 is 19.7 Å². The fourth-order valence-corrected chi connectivity index (χ4v) is 12.0. The summed E-state index contributed by atoms with van der Waals surface area (Å²) >= 11 is 0. The molecule has 0 aromatic rings. The molecule has 5 heteroatoms. The van der Waals surface area contributed by atoms with Gasteiger partial charge in [0, 0.05) is 18.9 Å². The second-order valence-corrected chi connectivity index (χ2v) is 14.9. The number of amides is 1. The van der Waals surface area contributed by atoms with Gasteiger partial charge in [-0.15, -0.1) is 0 Å². The molecule has 1 saturated heterocycles. The van der Waals surface area contributed by atoms with E-state index < -0.39 is 6.10 Å². The maximum absolute atomic E-state index is 12.2. The Balaban J connectivity index is 1.30. The van der Waals surface area contributed by atoms with Crippen LogP contribution in [-0.4, -0.2) is 47.1 Å². The summed E-state index contributed by atoms with van der Waals surface area (Å²) in [4.78, 5) is 11.4. The van der Waals surface area contributed by atoms with E-state index in [9.17, 15) is 15.0 Å². The Morgan fingerprint density at radius 3 is 2.40 bits per heavy atom. The van der Waals surface area contributed by atoms with Crippen molar-refractivity contribution >= 4 is 5.91 Å². The number of carbonyl (C=O) groups excluding carboxylic acids is 1. The van der Waals surface area contributed by atoms with Crippen LogP contribution >= 0.6 is 0 Å². The second kappa shape index (κ2) is 7.47. The Morgan fingerprint density at radius 1 is 1.00 bits per heavy atom. The molecule has 35 heavy (non-hydrogen) atoms. The molecule has 6 aliphatic rings. The fraction of sp³-hybridized carbons (Fsp3) is 0.967. The summed E-state index contributed by atoms with van der Waals surface area (Å²) < 4.78 is 6.74. The predicted molar refractivity (Wildman–Crippen MR) is 135 cm³/mol. The molecule has 6 rings (SSSR count). The molecule has 1 aliphatic heterocycles. The summed E-state index contributed by atoms with van der Waals surface area (Å²) in [6, 6.07) is 0. The first-order valence-corrected chi connectivity index (χ1v) is 14.6. The number of hydrogen-bond donors (Lipinski definition) is 3. The van der Waals surface area contributed by atoms with Crippen molar-refractivity contribution in [2.45, 2.75) is 124 Å². The molecule has 1 amide bonds. The quantitative estimate of drug-likeness (QED) is 0.540. The fourth-order valence-electron chi connectivity index (χ4n) is 12.0. The number of aliphatic hydroxyl groups excluding tert-OH is 2. The van der Waals surface area contributed by atoms with Gasteiger partial charge < -0.3 is 20.3 Å². The van der Waals surface area contributed by atoms with Crippen LogP contribution in [0.15, 0.2) is 0 Å². The average molecular weight is 488 g/mol. The molecular formula is C30H49NO4. The van der Waals surface area contributed by atoms with Gasteiger partial charge in [0.25, 0.3) is 0 Å². The third kappa shape index (κ3) is 2.84. The van der Waals surface area contributed by atoms with Crippen LogP contribution in [0.2, 0.25) is 0 Å².